The molecule has 0 aliphatic rings. The lowest BCUT2D eigenvalue weighted by molar-refractivity contribution is -0.384. The molecule has 0 spiro atoms. The van der Waals surface area contributed by atoms with E-state index in [1.165, 1.54) is 42.5 Å². The molecule has 0 saturated carbocycles. The highest BCUT2D eigenvalue weighted by Gasteiger charge is 2.22. The summed E-state index contributed by atoms with van der Waals surface area (Å²) in [7, 11) is 0. The summed E-state index contributed by atoms with van der Waals surface area (Å²) < 4.78 is 12.9. The van der Waals surface area contributed by atoms with E-state index >= 15 is 0 Å². The molecule has 4 nitrogen and oxygen atoms in total. The number of carbonyl (C=O) groups excluding carboxylic acids is 1. The van der Waals surface area contributed by atoms with E-state index in [0.29, 0.717) is 11.1 Å². The summed E-state index contributed by atoms with van der Waals surface area (Å²) in [6.45, 7) is 1.66. The fourth-order valence-corrected chi connectivity index (χ4v) is 2.21. The number of benzene rings is 2. The third kappa shape index (κ3) is 3.44. The Morgan fingerprint density at radius 1 is 1.24 bits per heavy atom. The van der Waals surface area contributed by atoms with E-state index < -0.39 is 21.9 Å². The minimum absolute atomic E-state index is 0.158. The summed E-state index contributed by atoms with van der Waals surface area (Å²) in [5, 5.41) is 9.80. The average Bonchev–Trinajstić information content (AvgIpc) is 2.45. The largest absolute Gasteiger partial charge is 0.292 e. The van der Waals surface area contributed by atoms with Crippen molar-refractivity contribution >= 4 is 23.1 Å². The van der Waals surface area contributed by atoms with Crippen molar-refractivity contribution in [3.63, 3.8) is 0 Å². The number of hydrogen-bond donors (Lipinski definition) is 0. The molecule has 21 heavy (non-hydrogen) atoms. The first-order chi connectivity index (χ1) is 9.88. The van der Waals surface area contributed by atoms with Gasteiger partial charge in [-0.1, -0.05) is 12.1 Å². The van der Waals surface area contributed by atoms with Crippen LogP contribution in [0.1, 0.15) is 26.9 Å². The lowest BCUT2D eigenvalue weighted by Gasteiger charge is -2.09. The van der Waals surface area contributed by atoms with Gasteiger partial charge in [-0.3, -0.25) is 14.9 Å². The Labute approximate surface area is 125 Å². The number of non-ortho nitro benzene ring substituents is 1. The smallest absolute Gasteiger partial charge is 0.270 e. The van der Waals surface area contributed by atoms with Crippen LogP contribution in [0.15, 0.2) is 42.5 Å². The minimum Gasteiger partial charge on any atom is -0.292 e. The topological polar surface area (TPSA) is 60.2 Å². The predicted octanol–water partition coefficient (Wildman–Crippen LogP) is 4.21. The molecule has 0 amide bonds. The minimum atomic E-state index is -1.02. The molecule has 2 aromatic carbocycles. The van der Waals surface area contributed by atoms with Gasteiger partial charge in [0.25, 0.3) is 5.69 Å². The summed E-state index contributed by atoms with van der Waals surface area (Å²) in [5.74, 6) is -0.892. The predicted molar refractivity (Wildman–Crippen MR) is 77.2 cm³/mol. The van der Waals surface area contributed by atoms with Crippen molar-refractivity contribution in [3.8, 4) is 0 Å². The Morgan fingerprint density at radius 3 is 2.43 bits per heavy atom. The number of carbonyl (C=O) groups is 1. The second kappa shape index (κ2) is 6.01. The normalized spacial score (nSPS) is 12.0. The average molecular weight is 308 g/mol. The summed E-state index contributed by atoms with van der Waals surface area (Å²) in [6, 6.07) is 9.33. The van der Waals surface area contributed by atoms with Crippen LogP contribution in [0.25, 0.3) is 0 Å². The number of aryl methyl sites for hydroxylation is 1. The molecular weight excluding hydrogens is 297 g/mol. The van der Waals surface area contributed by atoms with E-state index in [2.05, 4.69) is 0 Å². The molecule has 2 rings (SSSR count). The molecule has 0 N–H and O–H groups in total. The standard InChI is InChI=1S/C15H11ClFNO3/c1-9-6-11(8-13(7-9)18(20)21)15(19)14(16)10-2-4-12(17)5-3-10/h2-8,14H,1H3. The monoisotopic (exact) mass is 307 g/mol. The number of hydrogen-bond acceptors (Lipinski definition) is 3. The molecule has 6 heteroatoms. The van der Waals surface area contributed by atoms with E-state index in [1.807, 2.05) is 0 Å². The second-order valence-corrected chi connectivity index (χ2v) is 5.03. The summed E-state index contributed by atoms with van der Waals surface area (Å²) in [5.41, 5.74) is 1.02. The molecule has 0 bridgehead atoms. The molecule has 0 aromatic heterocycles. The first-order valence-corrected chi connectivity index (χ1v) is 6.52. The van der Waals surface area contributed by atoms with Crippen LogP contribution in [-0.2, 0) is 0 Å². The molecule has 0 aliphatic carbocycles. The van der Waals surface area contributed by atoms with Crippen molar-refractivity contribution in [1.82, 2.24) is 0 Å². The van der Waals surface area contributed by atoms with Crippen LogP contribution in [0, 0.1) is 22.9 Å². The summed E-state index contributed by atoms with van der Waals surface area (Å²) in [6.07, 6.45) is 0. The van der Waals surface area contributed by atoms with Crippen LogP contribution in [0.3, 0.4) is 0 Å². The van der Waals surface area contributed by atoms with E-state index in [4.69, 9.17) is 11.6 Å². The van der Waals surface area contributed by atoms with Crippen molar-refractivity contribution in [2.45, 2.75) is 12.3 Å². The SMILES string of the molecule is Cc1cc(C(=O)C(Cl)c2ccc(F)cc2)cc([N+](=O)[O-])c1. The number of alkyl halides is 1. The number of Topliss-reactive ketones (excluding diaryl/α,β-unsaturated/α-hetero) is 1. The molecule has 0 saturated heterocycles. The number of rotatable bonds is 4. The van der Waals surface area contributed by atoms with Crippen LogP contribution in [-0.4, -0.2) is 10.7 Å². The maximum atomic E-state index is 12.9. The Balaban J connectivity index is 2.35. The Morgan fingerprint density at radius 2 is 1.86 bits per heavy atom. The summed E-state index contributed by atoms with van der Waals surface area (Å²) >= 11 is 6.09. The zero-order valence-corrected chi connectivity index (χ0v) is 11.8. The van der Waals surface area contributed by atoms with Gasteiger partial charge < -0.3 is 0 Å². The maximum Gasteiger partial charge on any atom is 0.270 e. The van der Waals surface area contributed by atoms with Crippen LogP contribution < -0.4 is 0 Å². The number of halogens is 2. The number of ketones is 1. The van der Waals surface area contributed by atoms with E-state index in [1.54, 1.807) is 6.92 Å². The van der Waals surface area contributed by atoms with Crippen molar-refractivity contribution in [2.75, 3.05) is 0 Å². The highest BCUT2D eigenvalue weighted by Crippen LogP contribution is 2.27. The maximum absolute atomic E-state index is 12.9. The van der Waals surface area contributed by atoms with Gasteiger partial charge in [-0.2, -0.15) is 0 Å². The van der Waals surface area contributed by atoms with Gasteiger partial charge in [0, 0.05) is 17.7 Å². The van der Waals surface area contributed by atoms with Gasteiger partial charge in [-0.15, -0.1) is 11.6 Å². The molecule has 0 radical (unpaired) electrons. The van der Waals surface area contributed by atoms with Crippen LogP contribution >= 0.6 is 11.6 Å². The number of nitro groups is 1. The van der Waals surface area contributed by atoms with Gasteiger partial charge in [-0.05, 0) is 36.2 Å². The Bertz CT molecular complexity index is 701. The first kappa shape index (κ1) is 15.1. The van der Waals surface area contributed by atoms with E-state index in [9.17, 15) is 19.3 Å². The van der Waals surface area contributed by atoms with E-state index in [0.717, 1.165) is 0 Å². The lowest BCUT2D eigenvalue weighted by Crippen LogP contribution is -2.08. The zero-order valence-electron chi connectivity index (χ0n) is 11.0. The first-order valence-electron chi connectivity index (χ1n) is 6.08. The van der Waals surface area contributed by atoms with Gasteiger partial charge in [0.05, 0.1) is 4.92 Å². The molecular formula is C15H11ClFNO3. The third-order valence-corrected chi connectivity index (χ3v) is 3.40. The van der Waals surface area contributed by atoms with Gasteiger partial charge in [0.15, 0.2) is 5.78 Å². The highest BCUT2D eigenvalue weighted by molar-refractivity contribution is 6.34. The van der Waals surface area contributed by atoms with Crippen LogP contribution in [0.2, 0.25) is 0 Å². The van der Waals surface area contributed by atoms with Crippen molar-refractivity contribution < 1.29 is 14.1 Å². The molecule has 108 valence electrons. The molecule has 0 heterocycles. The molecule has 2 aromatic rings. The second-order valence-electron chi connectivity index (χ2n) is 4.59. The van der Waals surface area contributed by atoms with Crippen molar-refractivity contribution in [2.24, 2.45) is 0 Å². The summed E-state index contributed by atoms with van der Waals surface area (Å²) in [4.78, 5) is 22.6. The lowest BCUT2D eigenvalue weighted by atomic mass is 10.0. The third-order valence-electron chi connectivity index (χ3n) is 2.95. The van der Waals surface area contributed by atoms with Crippen molar-refractivity contribution in [3.05, 3.63) is 75.1 Å². The molecule has 0 fully saturated rings. The fraction of sp³-hybridized carbons (Fsp3) is 0.133. The number of nitrogens with zero attached hydrogens (tertiary/aromatic N) is 1. The number of nitro benzene ring substituents is 1. The van der Waals surface area contributed by atoms with Crippen LogP contribution in [0.4, 0.5) is 10.1 Å². The van der Waals surface area contributed by atoms with Gasteiger partial charge in [0.1, 0.15) is 11.2 Å². The molecule has 1 atom stereocenters. The highest BCUT2D eigenvalue weighted by atomic mass is 35.5. The van der Waals surface area contributed by atoms with E-state index in [-0.39, 0.29) is 11.3 Å². The molecule has 0 aliphatic heterocycles. The molecule has 1 unspecified atom stereocenters. The van der Waals surface area contributed by atoms with Gasteiger partial charge >= 0.3 is 0 Å². The fourth-order valence-electron chi connectivity index (χ4n) is 1.94. The Hall–Kier alpha value is -2.27. The van der Waals surface area contributed by atoms with Gasteiger partial charge in [-0.25, -0.2) is 4.39 Å². The van der Waals surface area contributed by atoms with Crippen LogP contribution in [0.5, 0.6) is 0 Å². The zero-order chi connectivity index (χ0) is 15.6. The van der Waals surface area contributed by atoms with Crippen molar-refractivity contribution in [1.29, 1.82) is 0 Å². The van der Waals surface area contributed by atoms with Gasteiger partial charge in [0.2, 0.25) is 0 Å². The Kier molecular flexibility index (Phi) is 4.33. The quantitative estimate of drug-likeness (QED) is 0.368.